The van der Waals surface area contributed by atoms with Gasteiger partial charge < -0.3 is 19.7 Å². The predicted octanol–water partition coefficient (Wildman–Crippen LogP) is 4.20. The van der Waals surface area contributed by atoms with Crippen LogP contribution < -0.4 is 5.32 Å². The minimum absolute atomic E-state index is 0.0278. The molecule has 1 N–H and O–H groups in total. The third-order valence-electron chi connectivity index (χ3n) is 4.65. The highest BCUT2D eigenvalue weighted by atomic mass is 16.5. The molecule has 1 unspecified atom stereocenters. The zero-order valence-corrected chi connectivity index (χ0v) is 20.2. The smallest absolute Gasteiger partial charge is 0.293 e. The van der Waals surface area contributed by atoms with Crippen LogP contribution in [-0.2, 0) is 19.1 Å². The number of carbonyl (C=O) groups is 3. The maximum Gasteiger partial charge on any atom is 0.293 e. The minimum atomic E-state index is -0.318. The van der Waals surface area contributed by atoms with Crippen molar-refractivity contribution in [2.45, 2.75) is 65.4 Å². The quantitative estimate of drug-likeness (QED) is 0.654. The first-order valence-electron chi connectivity index (χ1n) is 11.0. The monoisotopic (exact) mass is 432 g/mol. The van der Waals surface area contributed by atoms with Crippen molar-refractivity contribution in [2.24, 2.45) is 0 Å². The highest BCUT2D eigenvalue weighted by Crippen LogP contribution is 2.25. The molecule has 1 aromatic rings. The lowest BCUT2D eigenvalue weighted by Crippen LogP contribution is -2.23. The number of carbonyl (C=O) groups excluding carboxylic acids is 3. The Morgan fingerprint density at radius 3 is 2.19 bits per heavy atom. The number of rotatable bonds is 7. The molecule has 1 aliphatic rings. The van der Waals surface area contributed by atoms with Crippen molar-refractivity contribution in [1.29, 1.82) is 0 Å². The summed E-state index contributed by atoms with van der Waals surface area (Å²) in [6.45, 7) is 12.0. The van der Waals surface area contributed by atoms with Gasteiger partial charge in [-0.25, -0.2) is 0 Å². The Morgan fingerprint density at radius 2 is 1.81 bits per heavy atom. The van der Waals surface area contributed by atoms with Crippen molar-refractivity contribution in [3.63, 3.8) is 0 Å². The molecule has 1 atom stereocenters. The molecular formula is C25H40N2O4. The maximum absolute atomic E-state index is 11.3. The van der Waals surface area contributed by atoms with E-state index in [1.54, 1.807) is 7.05 Å². The predicted molar refractivity (Wildman–Crippen MR) is 127 cm³/mol. The Labute approximate surface area is 188 Å². The number of hydrogen-bond acceptors (Lipinski definition) is 5. The number of benzene rings is 1. The topological polar surface area (TPSA) is 75.7 Å². The van der Waals surface area contributed by atoms with E-state index in [0.29, 0.717) is 19.3 Å². The molecule has 1 aliphatic heterocycles. The van der Waals surface area contributed by atoms with Crippen LogP contribution in [0.5, 0.6) is 0 Å². The number of amides is 1. The fourth-order valence-corrected chi connectivity index (χ4v) is 2.85. The van der Waals surface area contributed by atoms with E-state index in [9.17, 15) is 14.4 Å². The van der Waals surface area contributed by atoms with Crippen LogP contribution in [0.3, 0.4) is 0 Å². The lowest BCUT2D eigenvalue weighted by Gasteiger charge is -2.22. The summed E-state index contributed by atoms with van der Waals surface area (Å²) in [6, 6.07) is 8.20. The summed E-state index contributed by atoms with van der Waals surface area (Å²) in [4.78, 5) is 34.5. The summed E-state index contributed by atoms with van der Waals surface area (Å²) in [6.07, 6.45) is 5.19. The van der Waals surface area contributed by atoms with Crippen LogP contribution in [0.15, 0.2) is 30.3 Å². The van der Waals surface area contributed by atoms with E-state index >= 15 is 0 Å². The third kappa shape index (κ3) is 12.1. The summed E-state index contributed by atoms with van der Waals surface area (Å²) in [5.74, 6) is -0.238. The molecule has 174 valence electrons. The molecule has 31 heavy (non-hydrogen) atoms. The fraction of sp³-hybridized carbons (Fsp3) is 0.560. The molecule has 0 spiro atoms. The van der Waals surface area contributed by atoms with E-state index in [1.165, 1.54) is 11.1 Å². The van der Waals surface area contributed by atoms with Crippen LogP contribution in [-0.4, -0.2) is 56.4 Å². The Bertz CT molecular complexity index is 690. The molecule has 6 heteroatoms. The van der Waals surface area contributed by atoms with E-state index < -0.39 is 0 Å². The van der Waals surface area contributed by atoms with Crippen molar-refractivity contribution in [3.05, 3.63) is 41.5 Å². The standard InChI is InChI=1S/C18H24N2O2.C5H10O2.C2H6/c1-19-18(22)8-7-17(13-21)15-5-3-14(4-6-15)16-9-11-20(2)12-10-16;1-5(2,3)7-4-6;1-2/h3-6,9,13,17H,7-8,10-12H2,1-2H3,(H,19,22);4H,1-3H3;1-2H3. The van der Waals surface area contributed by atoms with Crippen LogP contribution in [0, 0.1) is 0 Å². The van der Waals surface area contributed by atoms with Crippen molar-refractivity contribution < 1.29 is 19.1 Å². The van der Waals surface area contributed by atoms with E-state index in [1.807, 2.05) is 46.8 Å². The molecule has 0 saturated heterocycles. The molecule has 0 aromatic heterocycles. The summed E-state index contributed by atoms with van der Waals surface area (Å²) in [5, 5.41) is 2.59. The molecular weight excluding hydrogens is 392 g/mol. The molecule has 0 fully saturated rings. The van der Waals surface area contributed by atoms with Crippen molar-refractivity contribution in [3.8, 4) is 0 Å². The number of hydrogen-bond donors (Lipinski definition) is 1. The van der Waals surface area contributed by atoms with Gasteiger partial charge in [-0.15, -0.1) is 0 Å². The van der Waals surface area contributed by atoms with Gasteiger partial charge in [0.1, 0.15) is 11.9 Å². The van der Waals surface area contributed by atoms with Crippen molar-refractivity contribution in [1.82, 2.24) is 10.2 Å². The molecule has 1 heterocycles. The molecule has 0 bridgehead atoms. The number of nitrogens with zero attached hydrogens (tertiary/aromatic N) is 1. The van der Waals surface area contributed by atoms with Gasteiger partial charge in [-0.1, -0.05) is 44.2 Å². The molecule has 2 rings (SSSR count). The van der Waals surface area contributed by atoms with Crippen LogP contribution in [0.1, 0.15) is 70.9 Å². The largest absolute Gasteiger partial charge is 0.462 e. The van der Waals surface area contributed by atoms with Gasteiger partial charge in [0.25, 0.3) is 6.47 Å². The first-order chi connectivity index (χ1) is 14.7. The van der Waals surface area contributed by atoms with Gasteiger partial charge >= 0.3 is 0 Å². The van der Waals surface area contributed by atoms with Crippen LogP contribution in [0.2, 0.25) is 0 Å². The summed E-state index contributed by atoms with van der Waals surface area (Å²) in [7, 11) is 3.74. The normalized spacial score (nSPS) is 14.5. The Kier molecular flexibility index (Phi) is 14.1. The summed E-state index contributed by atoms with van der Waals surface area (Å²) >= 11 is 0. The van der Waals surface area contributed by atoms with Gasteiger partial charge in [-0.2, -0.15) is 0 Å². The van der Waals surface area contributed by atoms with E-state index in [-0.39, 0.29) is 17.4 Å². The lowest BCUT2D eigenvalue weighted by atomic mass is 9.92. The third-order valence-corrected chi connectivity index (χ3v) is 4.65. The maximum atomic E-state index is 11.3. The lowest BCUT2D eigenvalue weighted by molar-refractivity contribution is -0.138. The van der Waals surface area contributed by atoms with Gasteiger partial charge in [0, 0.05) is 32.5 Å². The van der Waals surface area contributed by atoms with E-state index in [0.717, 1.165) is 31.4 Å². The molecule has 1 amide bonds. The molecule has 0 aliphatic carbocycles. The second kappa shape index (κ2) is 15.3. The number of likely N-dealkylation sites (N-methyl/N-ethyl adjacent to an activating group) is 1. The molecule has 0 radical (unpaired) electrons. The average molecular weight is 433 g/mol. The number of aldehydes is 1. The van der Waals surface area contributed by atoms with Gasteiger partial charge in [0.2, 0.25) is 5.91 Å². The first kappa shape index (κ1) is 28.5. The number of nitrogens with one attached hydrogen (secondary N) is 1. The van der Waals surface area contributed by atoms with Crippen LogP contribution in [0.4, 0.5) is 0 Å². The number of ether oxygens (including phenoxy) is 1. The minimum Gasteiger partial charge on any atom is -0.462 e. The highest BCUT2D eigenvalue weighted by Gasteiger charge is 2.14. The van der Waals surface area contributed by atoms with Crippen molar-refractivity contribution in [2.75, 3.05) is 27.2 Å². The summed E-state index contributed by atoms with van der Waals surface area (Å²) in [5.41, 5.74) is 3.27. The SMILES string of the molecule is CC.CC(C)(C)OC=O.CNC(=O)CCC(C=O)c1ccc(C2=CCN(C)CC2)cc1. The van der Waals surface area contributed by atoms with E-state index in [2.05, 4.69) is 40.2 Å². The zero-order valence-electron chi connectivity index (χ0n) is 20.2. The fourth-order valence-electron chi connectivity index (χ4n) is 2.85. The van der Waals surface area contributed by atoms with Gasteiger partial charge in [0.15, 0.2) is 0 Å². The van der Waals surface area contributed by atoms with Gasteiger partial charge in [-0.05, 0) is 57.4 Å². The second-order valence-corrected chi connectivity index (χ2v) is 8.14. The second-order valence-electron chi connectivity index (χ2n) is 8.14. The van der Waals surface area contributed by atoms with Crippen LogP contribution in [0.25, 0.3) is 5.57 Å². The molecule has 6 nitrogen and oxygen atoms in total. The first-order valence-corrected chi connectivity index (χ1v) is 11.0. The highest BCUT2D eigenvalue weighted by molar-refractivity contribution is 5.76. The van der Waals surface area contributed by atoms with Crippen LogP contribution >= 0.6 is 0 Å². The molecule has 0 saturated carbocycles. The van der Waals surface area contributed by atoms with E-state index in [4.69, 9.17) is 0 Å². The molecule has 1 aromatic carbocycles. The Morgan fingerprint density at radius 1 is 1.19 bits per heavy atom. The Balaban J connectivity index is 0.000000852. The Hall–Kier alpha value is -2.47. The zero-order chi connectivity index (χ0) is 23.9. The van der Waals surface area contributed by atoms with Gasteiger partial charge in [-0.3, -0.25) is 9.59 Å². The average Bonchev–Trinajstić information content (AvgIpc) is 2.76. The van der Waals surface area contributed by atoms with Crippen molar-refractivity contribution >= 4 is 24.2 Å². The van der Waals surface area contributed by atoms with Gasteiger partial charge in [0.05, 0.1) is 0 Å². The summed E-state index contributed by atoms with van der Waals surface area (Å²) < 4.78 is 4.55.